The Kier molecular flexibility index (Phi) is 2.69. The second-order valence-electron chi connectivity index (χ2n) is 5.04. The van der Waals surface area contributed by atoms with E-state index in [2.05, 4.69) is 37.0 Å². The van der Waals surface area contributed by atoms with Gasteiger partial charge in [0.1, 0.15) is 6.04 Å². The van der Waals surface area contributed by atoms with Crippen LogP contribution in [0.15, 0.2) is 5.18 Å². The Bertz CT molecular complexity index is 303. The first-order chi connectivity index (χ1) is 7.15. The third-order valence-corrected chi connectivity index (χ3v) is 8.07. The average molecular weight is 357 g/mol. The molecule has 3 aliphatic rings. The molecular formula is C10H12Br2ClNO. The summed E-state index contributed by atoms with van der Waals surface area (Å²) >= 11 is 13.8. The zero-order chi connectivity index (χ0) is 10.7. The molecule has 0 aromatic heterocycles. The van der Waals surface area contributed by atoms with Gasteiger partial charge in [-0.3, -0.25) is 0 Å². The lowest BCUT2D eigenvalue weighted by atomic mass is 9.79. The van der Waals surface area contributed by atoms with Crippen LogP contribution in [-0.4, -0.2) is 21.1 Å². The van der Waals surface area contributed by atoms with Crippen molar-refractivity contribution >= 4 is 43.5 Å². The van der Waals surface area contributed by atoms with Crippen molar-refractivity contribution in [3.8, 4) is 0 Å². The maximum atomic E-state index is 10.8. The molecule has 84 valence electrons. The van der Waals surface area contributed by atoms with Gasteiger partial charge in [0.15, 0.2) is 0 Å². The lowest BCUT2D eigenvalue weighted by Gasteiger charge is -2.32. The number of rotatable bonds is 1. The molecule has 0 saturated heterocycles. The number of halogens is 3. The molecule has 3 rings (SSSR count). The van der Waals surface area contributed by atoms with Gasteiger partial charge in [-0.1, -0.05) is 37.0 Å². The van der Waals surface area contributed by atoms with Crippen molar-refractivity contribution in [2.45, 2.75) is 33.9 Å². The second kappa shape index (κ2) is 3.67. The van der Waals surface area contributed by atoms with Crippen LogP contribution in [0.3, 0.4) is 0 Å². The van der Waals surface area contributed by atoms with Crippen LogP contribution in [0.5, 0.6) is 0 Å². The molecule has 0 spiro atoms. The molecule has 3 fully saturated rings. The Morgan fingerprint density at radius 3 is 2.53 bits per heavy atom. The van der Waals surface area contributed by atoms with E-state index in [0.717, 1.165) is 6.42 Å². The van der Waals surface area contributed by atoms with Crippen LogP contribution in [-0.2, 0) is 0 Å². The van der Waals surface area contributed by atoms with Gasteiger partial charge in [-0.2, -0.15) is 4.91 Å². The minimum Gasteiger partial charge on any atom is -0.150 e. The molecular weight excluding hydrogens is 345 g/mol. The predicted molar refractivity (Wildman–Crippen MR) is 67.8 cm³/mol. The first-order valence-electron chi connectivity index (χ1n) is 5.40. The number of fused-ring (bicyclic) bond motifs is 5. The van der Waals surface area contributed by atoms with E-state index in [9.17, 15) is 4.91 Å². The lowest BCUT2D eigenvalue weighted by Crippen LogP contribution is -2.38. The van der Waals surface area contributed by atoms with Crippen LogP contribution in [0.4, 0.5) is 0 Å². The molecule has 3 saturated carbocycles. The molecule has 15 heavy (non-hydrogen) atoms. The van der Waals surface area contributed by atoms with Crippen molar-refractivity contribution in [2.24, 2.45) is 28.8 Å². The summed E-state index contributed by atoms with van der Waals surface area (Å²) in [7, 11) is 0. The van der Waals surface area contributed by atoms with E-state index in [-0.39, 0.29) is 11.4 Å². The fraction of sp³-hybridized carbons (Fsp3) is 1.00. The lowest BCUT2D eigenvalue weighted by molar-refractivity contribution is 0.243. The smallest absolute Gasteiger partial charge is 0.112 e. The number of alkyl halides is 3. The highest BCUT2D eigenvalue weighted by Crippen LogP contribution is 2.63. The van der Waals surface area contributed by atoms with Crippen LogP contribution in [0.2, 0.25) is 0 Å². The Labute approximate surface area is 111 Å². The van der Waals surface area contributed by atoms with Crippen molar-refractivity contribution < 1.29 is 0 Å². The number of hydrogen-bond acceptors (Lipinski definition) is 2. The first kappa shape index (κ1) is 11.0. The van der Waals surface area contributed by atoms with Crippen molar-refractivity contribution in [1.82, 2.24) is 0 Å². The van der Waals surface area contributed by atoms with Crippen LogP contribution < -0.4 is 0 Å². The SMILES string of the molecule is O=N[C@@H]1[C@H](Cl)[C@@H]2C[C@@H]1[C@H]1[C@@H](Br)[C@@H](Br)C[C@H]21. The summed E-state index contributed by atoms with van der Waals surface area (Å²) in [5.74, 6) is 2.25. The molecule has 5 heteroatoms. The van der Waals surface area contributed by atoms with E-state index in [1.807, 2.05) is 0 Å². The molecule has 0 unspecified atom stereocenters. The van der Waals surface area contributed by atoms with Crippen molar-refractivity contribution in [2.75, 3.05) is 0 Å². The largest absolute Gasteiger partial charge is 0.150 e. The molecule has 3 aliphatic carbocycles. The van der Waals surface area contributed by atoms with Crippen molar-refractivity contribution in [3.05, 3.63) is 4.91 Å². The van der Waals surface area contributed by atoms with E-state index in [1.54, 1.807) is 0 Å². The Balaban J connectivity index is 1.92. The van der Waals surface area contributed by atoms with Gasteiger partial charge in [-0.25, -0.2) is 0 Å². The van der Waals surface area contributed by atoms with E-state index >= 15 is 0 Å². The Morgan fingerprint density at radius 1 is 1.13 bits per heavy atom. The van der Waals surface area contributed by atoms with Gasteiger partial charge in [0.05, 0.1) is 5.38 Å². The normalized spacial score (nSPS) is 62.1. The molecule has 0 aromatic rings. The van der Waals surface area contributed by atoms with Gasteiger partial charge in [-0.15, -0.1) is 11.6 Å². The fourth-order valence-corrected chi connectivity index (χ4v) is 6.35. The number of nitroso groups, excluding NO2 is 1. The highest BCUT2D eigenvalue weighted by molar-refractivity contribution is 9.12. The first-order valence-corrected chi connectivity index (χ1v) is 7.66. The summed E-state index contributed by atoms with van der Waals surface area (Å²) < 4.78 is 0. The molecule has 2 bridgehead atoms. The van der Waals surface area contributed by atoms with E-state index < -0.39 is 0 Å². The van der Waals surface area contributed by atoms with Crippen molar-refractivity contribution in [1.29, 1.82) is 0 Å². The summed E-state index contributed by atoms with van der Waals surface area (Å²) in [6.07, 6.45) is 2.30. The van der Waals surface area contributed by atoms with Crippen molar-refractivity contribution in [3.63, 3.8) is 0 Å². The van der Waals surface area contributed by atoms with Gasteiger partial charge < -0.3 is 0 Å². The minimum absolute atomic E-state index is 0.00810. The summed E-state index contributed by atoms with van der Waals surface area (Å²) in [5.41, 5.74) is 0. The fourth-order valence-electron chi connectivity index (χ4n) is 4.04. The maximum Gasteiger partial charge on any atom is 0.112 e. The third-order valence-electron chi connectivity index (χ3n) is 4.59. The second-order valence-corrected chi connectivity index (χ2v) is 7.78. The number of hydrogen-bond donors (Lipinski definition) is 0. The van der Waals surface area contributed by atoms with Crippen LogP contribution in [0, 0.1) is 28.6 Å². The van der Waals surface area contributed by atoms with Gasteiger partial charge in [0, 0.05) is 9.65 Å². The maximum absolute atomic E-state index is 10.8. The minimum atomic E-state index is -0.143. The zero-order valence-corrected chi connectivity index (χ0v) is 12.0. The average Bonchev–Trinajstić information content (AvgIpc) is 2.79. The van der Waals surface area contributed by atoms with Gasteiger partial charge in [-0.05, 0) is 36.5 Å². The highest BCUT2D eigenvalue weighted by atomic mass is 79.9. The van der Waals surface area contributed by atoms with E-state index in [0.29, 0.717) is 33.3 Å². The molecule has 2 nitrogen and oxygen atoms in total. The zero-order valence-electron chi connectivity index (χ0n) is 8.02. The Hall–Kier alpha value is 0.850. The molecule has 0 radical (unpaired) electrons. The van der Waals surface area contributed by atoms with Gasteiger partial charge in [0.25, 0.3) is 0 Å². The van der Waals surface area contributed by atoms with E-state index in [4.69, 9.17) is 11.6 Å². The highest BCUT2D eigenvalue weighted by Gasteiger charge is 2.63. The van der Waals surface area contributed by atoms with E-state index in [1.165, 1.54) is 6.42 Å². The molecule has 0 N–H and O–H groups in total. The molecule has 0 heterocycles. The van der Waals surface area contributed by atoms with Crippen LogP contribution >= 0.6 is 43.5 Å². The summed E-state index contributed by atoms with van der Waals surface area (Å²) in [5, 5.41) is 3.24. The summed E-state index contributed by atoms with van der Waals surface area (Å²) in [4.78, 5) is 11.8. The molecule has 0 aromatic carbocycles. The number of nitrogens with zero attached hydrogens (tertiary/aromatic N) is 1. The van der Waals surface area contributed by atoms with Gasteiger partial charge >= 0.3 is 0 Å². The van der Waals surface area contributed by atoms with Gasteiger partial charge in [0.2, 0.25) is 0 Å². The topological polar surface area (TPSA) is 29.4 Å². The summed E-state index contributed by atoms with van der Waals surface area (Å²) in [6, 6.07) is -0.143. The standard InChI is InChI=1S/C10H12Br2ClNO/c11-6-2-3-4-1-5(7(3)8(6)12)10(14-15)9(4)13/h3-10H,1-2H2/t3-,4-,5-,6+,7+,8+,9-,10+/m1/s1. The molecule has 8 atom stereocenters. The quantitative estimate of drug-likeness (QED) is 0.521. The predicted octanol–water partition coefficient (Wildman–Crippen LogP) is 3.54. The molecule has 0 aliphatic heterocycles. The van der Waals surface area contributed by atoms with Crippen LogP contribution in [0.25, 0.3) is 0 Å². The van der Waals surface area contributed by atoms with Crippen LogP contribution in [0.1, 0.15) is 12.8 Å². The third kappa shape index (κ3) is 1.34. The monoisotopic (exact) mass is 355 g/mol. The Morgan fingerprint density at radius 2 is 1.87 bits per heavy atom. The molecule has 0 amide bonds. The summed E-state index contributed by atoms with van der Waals surface area (Å²) in [6.45, 7) is 0.